The SMILES string of the molecule is CC(C)(CCl)OC(=O)C=O. The lowest BCUT2D eigenvalue weighted by molar-refractivity contribution is -0.157. The first-order chi connectivity index (χ1) is 4.52. The third-order valence-corrected chi connectivity index (χ3v) is 1.44. The van der Waals surface area contributed by atoms with E-state index in [1.54, 1.807) is 13.8 Å². The van der Waals surface area contributed by atoms with E-state index in [4.69, 9.17) is 11.6 Å². The predicted octanol–water partition coefficient (Wildman–Crippen LogP) is 0.746. The molecule has 10 heavy (non-hydrogen) atoms. The van der Waals surface area contributed by atoms with Crippen molar-refractivity contribution in [1.82, 2.24) is 0 Å². The number of rotatable bonds is 3. The van der Waals surface area contributed by atoms with E-state index in [2.05, 4.69) is 4.74 Å². The van der Waals surface area contributed by atoms with E-state index >= 15 is 0 Å². The molecule has 0 aromatic heterocycles. The first-order valence-corrected chi connectivity index (χ1v) is 3.29. The summed E-state index contributed by atoms with van der Waals surface area (Å²) in [5, 5.41) is 0. The van der Waals surface area contributed by atoms with Crippen LogP contribution in [0.5, 0.6) is 0 Å². The van der Waals surface area contributed by atoms with Crippen LogP contribution in [0.1, 0.15) is 13.8 Å². The summed E-state index contributed by atoms with van der Waals surface area (Å²) in [7, 11) is 0. The summed E-state index contributed by atoms with van der Waals surface area (Å²) >= 11 is 5.40. The number of hydrogen-bond acceptors (Lipinski definition) is 3. The van der Waals surface area contributed by atoms with Gasteiger partial charge in [-0.3, -0.25) is 4.79 Å². The van der Waals surface area contributed by atoms with Gasteiger partial charge in [-0.1, -0.05) is 0 Å². The molecule has 0 bridgehead atoms. The minimum absolute atomic E-state index is 0.119. The van der Waals surface area contributed by atoms with Crippen LogP contribution >= 0.6 is 11.6 Å². The Morgan fingerprint density at radius 1 is 1.70 bits per heavy atom. The third kappa shape index (κ3) is 3.45. The lowest BCUT2D eigenvalue weighted by atomic mass is 10.2. The maximum Gasteiger partial charge on any atom is 0.371 e. The molecule has 0 aromatic rings. The molecule has 0 aromatic carbocycles. The largest absolute Gasteiger partial charge is 0.453 e. The second-order valence-corrected chi connectivity index (χ2v) is 2.70. The molecule has 0 radical (unpaired) electrons. The van der Waals surface area contributed by atoms with Gasteiger partial charge in [0.25, 0.3) is 0 Å². The molecular formula is C6H9ClO3. The summed E-state index contributed by atoms with van der Waals surface area (Å²) in [6, 6.07) is 0. The van der Waals surface area contributed by atoms with E-state index < -0.39 is 11.6 Å². The molecule has 0 heterocycles. The standard InChI is InChI=1S/C6H9ClO3/c1-6(2,4-7)10-5(9)3-8/h3H,4H2,1-2H3. The van der Waals surface area contributed by atoms with E-state index in [0.717, 1.165) is 0 Å². The number of ether oxygens (including phenoxy) is 1. The fourth-order valence-corrected chi connectivity index (χ4v) is 0.378. The highest BCUT2D eigenvalue weighted by atomic mass is 35.5. The molecule has 0 saturated heterocycles. The molecule has 0 aliphatic rings. The highest BCUT2D eigenvalue weighted by Crippen LogP contribution is 2.10. The molecule has 0 amide bonds. The molecule has 0 spiro atoms. The van der Waals surface area contributed by atoms with Gasteiger partial charge in [0.15, 0.2) is 0 Å². The van der Waals surface area contributed by atoms with Crippen LogP contribution in [0.3, 0.4) is 0 Å². The summed E-state index contributed by atoms with van der Waals surface area (Å²) in [5.41, 5.74) is -0.750. The highest BCUT2D eigenvalue weighted by molar-refractivity contribution is 6.21. The molecule has 0 aliphatic carbocycles. The number of esters is 1. The van der Waals surface area contributed by atoms with Gasteiger partial charge in [-0.05, 0) is 13.8 Å². The zero-order chi connectivity index (χ0) is 8.20. The van der Waals surface area contributed by atoms with Crippen molar-refractivity contribution in [2.75, 3.05) is 5.88 Å². The first-order valence-electron chi connectivity index (χ1n) is 2.76. The Hall–Kier alpha value is -0.570. The zero-order valence-electron chi connectivity index (χ0n) is 5.89. The Morgan fingerprint density at radius 3 is 2.50 bits per heavy atom. The molecular weight excluding hydrogens is 156 g/mol. The van der Waals surface area contributed by atoms with Crippen LogP contribution < -0.4 is 0 Å². The summed E-state index contributed by atoms with van der Waals surface area (Å²) in [4.78, 5) is 20.1. The Balaban J connectivity index is 3.87. The second kappa shape index (κ2) is 3.56. The van der Waals surface area contributed by atoms with Crippen LogP contribution in [0.15, 0.2) is 0 Å². The number of carbonyl (C=O) groups is 2. The summed E-state index contributed by atoms with van der Waals surface area (Å²) < 4.78 is 4.60. The Morgan fingerprint density at radius 2 is 2.20 bits per heavy atom. The van der Waals surface area contributed by atoms with Crippen LogP contribution in [0, 0.1) is 0 Å². The number of carbonyl (C=O) groups excluding carboxylic acids is 2. The second-order valence-electron chi connectivity index (χ2n) is 2.43. The van der Waals surface area contributed by atoms with Crippen molar-refractivity contribution in [3.05, 3.63) is 0 Å². The van der Waals surface area contributed by atoms with E-state index in [0.29, 0.717) is 0 Å². The molecule has 0 unspecified atom stereocenters. The van der Waals surface area contributed by atoms with Gasteiger partial charge in [-0.15, -0.1) is 11.6 Å². The minimum Gasteiger partial charge on any atom is -0.453 e. The summed E-state index contributed by atoms with van der Waals surface area (Å²) in [6.07, 6.45) is 0.119. The van der Waals surface area contributed by atoms with Crippen molar-refractivity contribution in [3.8, 4) is 0 Å². The number of hydrogen-bond donors (Lipinski definition) is 0. The lowest BCUT2D eigenvalue weighted by Crippen LogP contribution is -2.30. The van der Waals surface area contributed by atoms with Gasteiger partial charge in [0.2, 0.25) is 6.29 Å². The molecule has 0 saturated carbocycles. The van der Waals surface area contributed by atoms with Crippen molar-refractivity contribution in [1.29, 1.82) is 0 Å². The fourth-order valence-electron chi connectivity index (χ4n) is 0.324. The van der Waals surface area contributed by atoms with Crippen LogP contribution in [-0.2, 0) is 14.3 Å². The third-order valence-electron chi connectivity index (χ3n) is 0.795. The maximum atomic E-state index is 10.3. The molecule has 0 fully saturated rings. The molecule has 58 valence electrons. The minimum atomic E-state index is -0.884. The molecule has 3 nitrogen and oxygen atoms in total. The number of aldehydes is 1. The molecule has 0 atom stereocenters. The molecule has 0 rings (SSSR count). The lowest BCUT2D eigenvalue weighted by Gasteiger charge is -2.19. The topological polar surface area (TPSA) is 43.4 Å². The number of halogens is 1. The zero-order valence-corrected chi connectivity index (χ0v) is 6.64. The summed E-state index contributed by atoms with van der Waals surface area (Å²) in [5.74, 6) is -0.710. The van der Waals surface area contributed by atoms with Crippen molar-refractivity contribution < 1.29 is 14.3 Å². The van der Waals surface area contributed by atoms with Gasteiger partial charge in [0, 0.05) is 0 Å². The highest BCUT2D eigenvalue weighted by Gasteiger charge is 2.20. The van der Waals surface area contributed by atoms with Crippen LogP contribution in [0.2, 0.25) is 0 Å². The fraction of sp³-hybridized carbons (Fsp3) is 0.667. The predicted molar refractivity (Wildman–Crippen MR) is 37.0 cm³/mol. The molecule has 0 N–H and O–H groups in total. The quantitative estimate of drug-likeness (QED) is 0.268. The molecule has 4 heteroatoms. The van der Waals surface area contributed by atoms with Crippen LogP contribution in [-0.4, -0.2) is 23.7 Å². The van der Waals surface area contributed by atoms with Crippen LogP contribution in [0.4, 0.5) is 0 Å². The monoisotopic (exact) mass is 164 g/mol. The van der Waals surface area contributed by atoms with Crippen LogP contribution in [0.25, 0.3) is 0 Å². The Kier molecular flexibility index (Phi) is 3.36. The first kappa shape index (κ1) is 9.43. The smallest absolute Gasteiger partial charge is 0.371 e. The summed E-state index contributed by atoms with van der Waals surface area (Å²) in [6.45, 7) is 3.25. The van der Waals surface area contributed by atoms with Crippen molar-refractivity contribution in [3.63, 3.8) is 0 Å². The average Bonchev–Trinajstić information content (AvgIpc) is 1.87. The van der Waals surface area contributed by atoms with E-state index in [-0.39, 0.29) is 12.2 Å². The van der Waals surface area contributed by atoms with Gasteiger partial charge in [-0.2, -0.15) is 0 Å². The normalized spacial score (nSPS) is 10.7. The molecule has 0 aliphatic heterocycles. The van der Waals surface area contributed by atoms with Gasteiger partial charge in [-0.25, -0.2) is 4.79 Å². The average molecular weight is 165 g/mol. The van der Waals surface area contributed by atoms with E-state index in [1.807, 2.05) is 0 Å². The van der Waals surface area contributed by atoms with Crippen molar-refractivity contribution >= 4 is 23.9 Å². The van der Waals surface area contributed by atoms with Gasteiger partial charge < -0.3 is 4.74 Å². The van der Waals surface area contributed by atoms with Gasteiger partial charge in [0.1, 0.15) is 5.60 Å². The number of alkyl halides is 1. The van der Waals surface area contributed by atoms with Gasteiger partial charge >= 0.3 is 5.97 Å². The van der Waals surface area contributed by atoms with Gasteiger partial charge in [0.05, 0.1) is 5.88 Å². The van der Waals surface area contributed by atoms with Crippen molar-refractivity contribution in [2.24, 2.45) is 0 Å². The van der Waals surface area contributed by atoms with Crippen molar-refractivity contribution in [2.45, 2.75) is 19.4 Å². The Bertz CT molecular complexity index is 142. The Labute approximate surface area is 64.3 Å². The van der Waals surface area contributed by atoms with E-state index in [9.17, 15) is 9.59 Å². The maximum absolute atomic E-state index is 10.3. The van der Waals surface area contributed by atoms with E-state index in [1.165, 1.54) is 0 Å².